The maximum atomic E-state index is 9.86. The van der Waals surface area contributed by atoms with Crippen LogP contribution in [0.3, 0.4) is 0 Å². The Kier molecular flexibility index (Phi) is 4.51. The first-order chi connectivity index (χ1) is 8.25. The Labute approximate surface area is 103 Å². The van der Waals surface area contributed by atoms with Crippen molar-refractivity contribution in [3.63, 3.8) is 0 Å². The lowest BCUT2D eigenvalue weighted by Gasteiger charge is -2.27. The zero-order chi connectivity index (χ0) is 12.1. The molecule has 1 aromatic rings. The number of aliphatic hydroxyl groups excluding tert-OH is 1. The van der Waals surface area contributed by atoms with Gasteiger partial charge in [0.25, 0.3) is 0 Å². The van der Waals surface area contributed by atoms with Crippen molar-refractivity contribution in [3.8, 4) is 0 Å². The highest BCUT2D eigenvalue weighted by Crippen LogP contribution is 2.23. The molecule has 17 heavy (non-hydrogen) atoms. The van der Waals surface area contributed by atoms with E-state index >= 15 is 0 Å². The van der Waals surface area contributed by atoms with E-state index in [1.807, 2.05) is 12.4 Å². The van der Waals surface area contributed by atoms with Crippen LogP contribution in [0.5, 0.6) is 0 Å². The molecule has 1 aliphatic carbocycles. The molecule has 2 unspecified atom stereocenters. The van der Waals surface area contributed by atoms with E-state index in [4.69, 9.17) is 0 Å². The van der Waals surface area contributed by atoms with Gasteiger partial charge in [-0.3, -0.25) is 4.98 Å². The predicted octanol–water partition coefficient (Wildman–Crippen LogP) is 2.03. The summed E-state index contributed by atoms with van der Waals surface area (Å²) in [7, 11) is 0. The summed E-state index contributed by atoms with van der Waals surface area (Å²) < 4.78 is 0. The van der Waals surface area contributed by atoms with Crippen LogP contribution in [-0.4, -0.2) is 22.7 Å². The first-order valence-electron chi connectivity index (χ1n) is 6.55. The fraction of sp³-hybridized carbons (Fsp3) is 0.643. The van der Waals surface area contributed by atoms with Gasteiger partial charge in [-0.1, -0.05) is 18.9 Å². The Morgan fingerprint density at radius 3 is 2.94 bits per heavy atom. The van der Waals surface area contributed by atoms with E-state index in [9.17, 15) is 5.11 Å². The van der Waals surface area contributed by atoms with Crippen molar-refractivity contribution in [1.29, 1.82) is 0 Å². The topological polar surface area (TPSA) is 45.2 Å². The number of nitrogens with zero attached hydrogens (tertiary/aromatic N) is 1. The van der Waals surface area contributed by atoms with Crippen molar-refractivity contribution in [1.82, 2.24) is 10.3 Å². The van der Waals surface area contributed by atoms with Crippen molar-refractivity contribution < 1.29 is 5.11 Å². The molecular weight excluding hydrogens is 212 g/mol. The molecule has 2 rings (SSSR count). The first-order valence-corrected chi connectivity index (χ1v) is 6.55. The third kappa shape index (κ3) is 3.79. The van der Waals surface area contributed by atoms with Gasteiger partial charge in [-0.25, -0.2) is 0 Å². The normalized spacial score (nSPS) is 24.8. The highest BCUT2D eigenvalue weighted by Gasteiger charge is 2.22. The van der Waals surface area contributed by atoms with E-state index in [1.54, 1.807) is 0 Å². The quantitative estimate of drug-likeness (QED) is 0.838. The molecule has 1 saturated carbocycles. The molecule has 0 aromatic carbocycles. The van der Waals surface area contributed by atoms with Gasteiger partial charge in [0.15, 0.2) is 0 Å². The summed E-state index contributed by atoms with van der Waals surface area (Å²) >= 11 is 0. The van der Waals surface area contributed by atoms with Crippen LogP contribution in [0, 0.1) is 12.8 Å². The van der Waals surface area contributed by atoms with Crippen molar-refractivity contribution >= 4 is 0 Å². The average molecular weight is 234 g/mol. The number of rotatable bonds is 4. The number of aryl methyl sites for hydroxylation is 1. The summed E-state index contributed by atoms with van der Waals surface area (Å²) in [5.41, 5.74) is 2.41. The molecule has 0 radical (unpaired) electrons. The van der Waals surface area contributed by atoms with Crippen LogP contribution in [0.2, 0.25) is 0 Å². The zero-order valence-corrected chi connectivity index (χ0v) is 10.5. The lowest BCUT2D eigenvalue weighted by Crippen LogP contribution is -2.33. The highest BCUT2D eigenvalue weighted by molar-refractivity contribution is 5.16. The largest absolute Gasteiger partial charge is 0.393 e. The molecule has 0 saturated heterocycles. The minimum Gasteiger partial charge on any atom is -0.393 e. The second-order valence-corrected chi connectivity index (χ2v) is 5.11. The second-order valence-electron chi connectivity index (χ2n) is 5.11. The lowest BCUT2D eigenvalue weighted by molar-refractivity contribution is 0.0695. The number of aliphatic hydroxyl groups is 1. The molecule has 0 aliphatic heterocycles. The van der Waals surface area contributed by atoms with Crippen LogP contribution in [0.25, 0.3) is 0 Å². The molecule has 0 spiro atoms. The number of hydrogen-bond acceptors (Lipinski definition) is 3. The van der Waals surface area contributed by atoms with E-state index in [-0.39, 0.29) is 6.10 Å². The Morgan fingerprint density at radius 1 is 1.35 bits per heavy atom. The van der Waals surface area contributed by atoms with Crippen LogP contribution in [0.1, 0.15) is 36.8 Å². The van der Waals surface area contributed by atoms with Gasteiger partial charge in [0, 0.05) is 25.5 Å². The standard InChI is InChI=1S/C14H22N2O/c1-11-6-12(8-15-7-11)9-16-10-13-4-2-3-5-14(13)17/h6-8,13-14,16-17H,2-5,9-10H2,1H3. The summed E-state index contributed by atoms with van der Waals surface area (Å²) in [6.07, 6.45) is 8.23. The van der Waals surface area contributed by atoms with Gasteiger partial charge in [-0.15, -0.1) is 0 Å². The average Bonchev–Trinajstić information content (AvgIpc) is 2.32. The minimum atomic E-state index is -0.105. The highest BCUT2D eigenvalue weighted by atomic mass is 16.3. The monoisotopic (exact) mass is 234 g/mol. The van der Waals surface area contributed by atoms with Gasteiger partial charge in [-0.05, 0) is 36.8 Å². The van der Waals surface area contributed by atoms with Gasteiger partial charge >= 0.3 is 0 Å². The molecule has 1 aromatic heterocycles. The Balaban J connectivity index is 1.75. The number of aromatic nitrogens is 1. The third-order valence-corrected chi connectivity index (χ3v) is 3.54. The Morgan fingerprint density at radius 2 is 2.18 bits per heavy atom. The van der Waals surface area contributed by atoms with E-state index in [0.717, 1.165) is 25.9 Å². The summed E-state index contributed by atoms with van der Waals surface area (Å²) in [4.78, 5) is 4.18. The molecule has 1 heterocycles. The fourth-order valence-corrected chi connectivity index (χ4v) is 2.54. The first kappa shape index (κ1) is 12.5. The summed E-state index contributed by atoms with van der Waals surface area (Å²) in [5.74, 6) is 0.432. The molecule has 0 bridgehead atoms. The van der Waals surface area contributed by atoms with Crippen molar-refractivity contribution in [2.24, 2.45) is 5.92 Å². The summed E-state index contributed by atoms with van der Waals surface area (Å²) in [6, 6.07) is 2.15. The maximum Gasteiger partial charge on any atom is 0.0580 e. The smallest absolute Gasteiger partial charge is 0.0580 e. The number of pyridine rings is 1. The molecule has 0 amide bonds. The number of hydrogen-bond donors (Lipinski definition) is 2. The predicted molar refractivity (Wildman–Crippen MR) is 68.6 cm³/mol. The van der Waals surface area contributed by atoms with Crippen LogP contribution in [0.4, 0.5) is 0 Å². The molecule has 2 N–H and O–H groups in total. The Hall–Kier alpha value is -0.930. The lowest BCUT2D eigenvalue weighted by atomic mass is 9.86. The van der Waals surface area contributed by atoms with Gasteiger partial charge in [0.05, 0.1) is 6.10 Å². The van der Waals surface area contributed by atoms with E-state index in [0.29, 0.717) is 5.92 Å². The maximum absolute atomic E-state index is 9.86. The van der Waals surface area contributed by atoms with E-state index in [1.165, 1.54) is 24.0 Å². The number of nitrogens with one attached hydrogen (secondary N) is 1. The third-order valence-electron chi connectivity index (χ3n) is 3.54. The summed E-state index contributed by atoms with van der Waals surface area (Å²) in [5, 5.41) is 13.3. The molecule has 94 valence electrons. The van der Waals surface area contributed by atoms with Crippen molar-refractivity contribution in [2.45, 2.75) is 45.3 Å². The molecule has 3 heteroatoms. The second kappa shape index (κ2) is 6.12. The SMILES string of the molecule is Cc1cncc(CNCC2CCCCC2O)c1. The molecule has 1 fully saturated rings. The van der Waals surface area contributed by atoms with Crippen LogP contribution < -0.4 is 5.32 Å². The summed E-state index contributed by atoms with van der Waals surface area (Å²) in [6.45, 7) is 3.81. The van der Waals surface area contributed by atoms with Crippen LogP contribution in [0.15, 0.2) is 18.5 Å². The molecule has 3 nitrogen and oxygen atoms in total. The van der Waals surface area contributed by atoms with Gasteiger partial charge < -0.3 is 10.4 Å². The van der Waals surface area contributed by atoms with E-state index < -0.39 is 0 Å². The van der Waals surface area contributed by atoms with Crippen LogP contribution in [-0.2, 0) is 6.54 Å². The fourth-order valence-electron chi connectivity index (χ4n) is 2.54. The molecule has 2 atom stereocenters. The van der Waals surface area contributed by atoms with Crippen LogP contribution >= 0.6 is 0 Å². The van der Waals surface area contributed by atoms with Gasteiger partial charge in [-0.2, -0.15) is 0 Å². The van der Waals surface area contributed by atoms with Crippen molar-refractivity contribution in [2.75, 3.05) is 6.54 Å². The van der Waals surface area contributed by atoms with Gasteiger partial charge in [0.1, 0.15) is 0 Å². The Bertz CT molecular complexity index is 354. The zero-order valence-electron chi connectivity index (χ0n) is 10.5. The molecular formula is C14H22N2O. The molecule has 1 aliphatic rings. The minimum absolute atomic E-state index is 0.105. The van der Waals surface area contributed by atoms with Crippen molar-refractivity contribution in [3.05, 3.63) is 29.6 Å². The van der Waals surface area contributed by atoms with E-state index in [2.05, 4.69) is 23.3 Å². The van der Waals surface area contributed by atoms with Gasteiger partial charge in [0.2, 0.25) is 0 Å².